The number of unbranched alkanes of at least 4 members (excludes halogenated alkanes) is 1. The molecule has 2 aliphatic heterocycles. The molecule has 266 valence electrons. The fraction of sp³-hybridized carbons (Fsp3) is 0.387. The summed E-state index contributed by atoms with van der Waals surface area (Å²) in [6.07, 6.45) is 8.24. The number of carbonyl (C=O) groups is 3. The summed E-state index contributed by atoms with van der Waals surface area (Å²) in [5.74, 6) is 0.280. The maximum atomic E-state index is 13.1. The predicted molar refractivity (Wildman–Crippen MR) is 190 cm³/mol. The van der Waals surface area contributed by atoms with Crippen molar-refractivity contribution >= 4 is 73.5 Å². The maximum absolute atomic E-state index is 13.1. The van der Waals surface area contributed by atoms with Gasteiger partial charge in [-0.15, -0.1) is 0 Å². The number of thiophene rings is 1. The Hall–Kier alpha value is -4.75. The first-order valence-electron chi connectivity index (χ1n) is 15.7. The van der Waals surface area contributed by atoms with Crippen LogP contribution in [-0.2, 0) is 26.0 Å². The van der Waals surface area contributed by atoms with Gasteiger partial charge in [0.2, 0.25) is 17.6 Å². The summed E-state index contributed by atoms with van der Waals surface area (Å²) in [6, 6.07) is 8.60. The molecule has 0 unspecified atom stereocenters. The van der Waals surface area contributed by atoms with Crippen LogP contribution in [0.3, 0.4) is 0 Å². The quantitative estimate of drug-likeness (QED) is 0.0441. The van der Waals surface area contributed by atoms with Gasteiger partial charge >= 0.3 is 11.0 Å². The third kappa shape index (κ3) is 9.91. The fourth-order valence-electron chi connectivity index (χ4n) is 5.37. The third-order valence-electron chi connectivity index (χ3n) is 7.85. The number of nitrogens with zero attached hydrogens (tertiary/aromatic N) is 3. The van der Waals surface area contributed by atoms with E-state index in [9.17, 15) is 32.9 Å². The molecule has 0 bridgehead atoms. The minimum atomic E-state index is -4.09. The van der Waals surface area contributed by atoms with Gasteiger partial charge in [0.1, 0.15) is 0 Å². The van der Waals surface area contributed by atoms with E-state index in [1.54, 1.807) is 0 Å². The van der Waals surface area contributed by atoms with Crippen molar-refractivity contribution < 1.29 is 32.5 Å². The standard InChI is InChI=1S/C31H36N8O8S3/c1-47-30-29(38-50(45,46)22-12-8-19(9-13-22)34-26(41)14-10-21-11-15-27(49-21)39(43)44)33-17-20(35-30)5-4-16-32-25(40)7-3-2-6-24-28-23(18-48-24)36-31(42)37-28/h8-15,17,23-24,28H,2-7,16,18H2,1H3,(H,32,40)(H,33,38)(H,34,41)(H2,36,37,42)/b14-10+/t23-,24-,28-/m0/s1. The lowest BCUT2D eigenvalue weighted by molar-refractivity contribution is -0.380. The van der Waals surface area contributed by atoms with Crippen LogP contribution < -0.4 is 30.7 Å². The smallest absolute Gasteiger partial charge is 0.324 e. The van der Waals surface area contributed by atoms with Gasteiger partial charge in [0.25, 0.3) is 15.9 Å². The van der Waals surface area contributed by atoms with Crippen LogP contribution in [0.5, 0.6) is 5.88 Å². The van der Waals surface area contributed by atoms with Crippen LogP contribution in [0.25, 0.3) is 6.08 Å². The number of rotatable bonds is 17. The molecule has 2 saturated heterocycles. The molecule has 5 rings (SSSR count). The average Bonchev–Trinajstić information content (AvgIpc) is 3.81. The van der Waals surface area contributed by atoms with Crippen LogP contribution in [0.2, 0.25) is 0 Å². The van der Waals surface area contributed by atoms with E-state index in [1.165, 1.54) is 61.9 Å². The molecule has 3 aromatic rings. The first kappa shape index (κ1) is 36.5. The van der Waals surface area contributed by atoms with Crippen molar-refractivity contribution in [2.75, 3.05) is 29.4 Å². The van der Waals surface area contributed by atoms with Crippen LogP contribution in [0, 0.1) is 10.1 Å². The number of amides is 4. The summed E-state index contributed by atoms with van der Waals surface area (Å²) in [6.45, 7) is 0.448. The molecule has 5 N–H and O–H groups in total. The minimum absolute atomic E-state index is 0.0125. The topological polar surface area (TPSA) is 224 Å². The van der Waals surface area contributed by atoms with E-state index in [0.29, 0.717) is 47.3 Å². The van der Waals surface area contributed by atoms with Crippen molar-refractivity contribution in [3.05, 3.63) is 69.4 Å². The molecule has 4 amide bonds. The van der Waals surface area contributed by atoms with Crippen LogP contribution in [0.1, 0.15) is 42.7 Å². The second kappa shape index (κ2) is 16.8. The number of thioether (sulfide) groups is 1. The summed E-state index contributed by atoms with van der Waals surface area (Å²) in [5.41, 5.74) is 0.899. The number of fused-ring (bicyclic) bond motifs is 1. The van der Waals surface area contributed by atoms with Crippen LogP contribution >= 0.6 is 23.1 Å². The van der Waals surface area contributed by atoms with Crippen molar-refractivity contribution in [3.8, 4) is 5.88 Å². The summed E-state index contributed by atoms with van der Waals surface area (Å²) in [7, 11) is -2.74. The molecule has 4 heterocycles. The summed E-state index contributed by atoms with van der Waals surface area (Å²) >= 11 is 2.79. The second-order valence-electron chi connectivity index (χ2n) is 11.4. The number of urea groups is 1. The van der Waals surface area contributed by atoms with Crippen molar-refractivity contribution in [2.45, 2.75) is 60.8 Å². The van der Waals surface area contributed by atoms with Gasteiger partial charge in [-0.3, -0.25) is 24.4 Å². The van der Waals surface area contributed by atoms with E-state index in [0.717, 1.165) is 36.4 Å². The third-order valence-corrected chi connectivity index (χ3v) is 11.7. The highest BCUT2D eigenvalue weighted by molar-refractivity contribution is 8.00. The van der Waals surface area contributed by atoms with E-state index in [2.05, 4.69) is 36.0 Å². The van der Waals surface area contributed by atoms with E-state index in [-0.39, 0.29) is 45.6 Å². The van der Waals surface area contributed by atoms with Crippen molar-refractivity contribution in [1.29, 1.82) is 0 Å². The number of ether oxygens (including phenoxy) is 1. The number of benzene rings is 1. The molecule has 0 radical (unpaired) electrons. The largest absolute Gasteiger partial charge is 0.478 e. The number of hydrogen-bond donors (Lipinski definition) is 5. The highest BCUT2D eigenvalue weighted by Crippen LogP contribution is 2.33. The van der Waals surface area contributed by atoms with Gasteiger partial charge in [-0.1, -0.05) is 17.8 Å². The molecule has 0 saturated carbocycles. The number of aromatic nitrogens is 2. The predicted octanol–water partition coefficient (Wildman–Crippen LogP) is 3.68. The fourth-order valence-corrected chi connectivity index (χ4v) is 8.65. The highest BCUT2D eigenvalue weighted by Gasteiger charge is 2.42. The SMILES string of the molecule is COc1nc(CCCNC(=O)CCCC[C@@H]2SC[C@@H]3NC(=O)N[C@@H]32)cnc1NS(=O)(=O)c1ccc(NC(=O)/C=C/c2ccc([N+](=O)[O-])s2)cc1. The monoisotopic (exact) mass is 744 g/mol. The normalized spacial score (nSPS) is 18.3. The summed E-state index contributed by atoms with van der Waals surface area (Å²) < 4.78 is 33.8. The lowest BCUT2D eigenvalue weighted by atomic mass is 10.0. The van der Waals surface area contributed by atoms with Crippen LogP contribution in [0.15, 0.2) is 53.6 Å². The Kier molecular flexibility index (Phi) is 12.3. The highest BCUT2D eigenvalue weighted by atomic mass is 32.2. The zero-order valence-corrected chi connectivity index (χ0v) is 29.4. The molecular weight excluding hydrogens is 709 g/mol. The van der Waals surface area contributed by atoms with Crippen molar-refractivity contribution in [1.82, 2.24) is 25.9 Å². The Morgan fingerprint density at radius 3 is 2.68 bits per heavy atom. The van der Waals surface area contributed by atoms with Gasteiger partial charge in [-0.05, 0) is 62.1 Å². The van der Waals surface area contributed by atoms with E-state index >= 15 is 0 Å². The number of sulfonamides is 1. The molecule has 0 spiro atoms. The van der Waals surface area contributed by atoms with E-state index in [4.69, 9.17) is 4.74 Å². The Labute approximate surface area is 296 Å². The number of methoxy groups -OCH3 is 1. The minimum Gasteiger partial charge on any atom is -0.478 e. The van der Waals surface area contributed by atoms with Gasteiger partial charge in [0.05, 0.1) is 40.9 Å². The summed E-state index contributed by atoms with van der Waals surface area (Å²) in [5, 5.41) is 22.6. The molecule has 0 aliphatic carbocycles. The second-order valence-corrected chi connectivity index (χ2v) is 15.5. The Morgan fingerprint density at radius 1 is 1.14 bits per heavy atom. The van der Waals surface area contributed by atoms with Gasteiger partial charge in [-0.2, -0.15) is 11.8 Å². The maximum Gasteiger partial charge on any atom is 0.324 e. The van der Waals surface area contributed by atoms with Crippen molar-refractivity contribution in [2.24, 2.45) is 0 Å². The van der Waals surface area contributed by atoms with Gasteiger partial charge < -0.3 is 26.0 Å². The van der Waals surface area contributed by atoms with Gasteiger partial charge in [0.15, 0.2) is 0 Å². The zero-order chi connectivity index (χ0) is 35.7. The molecule has 1 aromatic carbocycles. The Bertz CT molecular complexity index is 1850. The molecule has 2 fully saturated rings. The Balaban J connectivity index is 1.03. The van der Waals surface area contributed by atoms with Crippen LogP contribution in [0.4, 0.5) is 21.3 Å². The molecule has 50 heavy (non-hydrogen) atoms. The first-order chi connectivity index (χ1) is 24.0. The summed E-state index contributed by atoms with van der Waals surface area (Å²) in [4.78, 5) is 55.4. The molecular formula is C31H36N8O8S3. The van der Waals surface area contributed by atoms with E-state index < -0.39 is 20.9 Å². The van der Waals surface area contributed by atoms with Gasteiger partial charge in [0, 0.05) is 46.7 Å². The zero-order valence-electron chi connectivity index (χ0n) is 26.9. The van der Waals surface area contributed by atoms with Gasteiger partial charge in [-0.25, -0.2) is 23.2 Å². The lowest BCUT2D eigenvalue weighted by Gasteiger charge is -2.16. The molecule has 2 aliphatic rings. The van der Waals surface area contributed by atoms with E-state index in [1.807, 2.05) is 11.8 Å². The lowest BCUT2D eigenvalue weighted by Crippen LogP contribution is -2.36. The van der Waals surface area contributed by atoms with Crippen LogP contribution in [-0.4, -0.2) is 77.9 Å². The number of anilines is 2. The molecule has 3 atom stereocenters. The molecule has 2 aromatic heterocycles. The number of nitrogens with one attached hydrogen (secondary N) is 5. The number of nitro groups is 1. The number of carbonyl (C=O) groups excluding carboxylic acids is 3. The number of aryl methyl sites for hydroxylation is 1. The number of hydrogen-bond acceptors (Lipinski definition) is 12. The van der Waals surface area contributed by atoms with Crippen molar-refractivity contribution in [3.63, 3.8) is 0 Å². The average molecular weight is 745 g/mol. The molecule has 16 nitrogen and oxygen atoms in total. The first-order valence-corrected chi connectivity index (χ1v) is 19.1. The molecule has 19 heteroatoms. The Morgan fingerprint density at radius 2 is 1.94 bits per heavy atom.